The van der Waals surface area contributed by atoms with E-state index in [1.165, 1.54) is 21.9 Å². The summed E-state index contributed by atoms with van der Waals surface area (Å²) in [5, 5.41) is 2.57. The highest BCUT2D eigenvalue weighted by Gasteiger charge is 2.06. The van der Waals surface area contributed by atoms with Gasteiger partial charge in [0.15, 0.2) is 0 Å². The maximum atomic E-state index is 5.38. The molecule has 0 unspecified atom stereocenters. The molecule has 0 N–H and O–H groups in total. The van der Waals surface area contributed by atoms with E-state index in [9.17, 15) is 0 Å². The van der Waals surface area contributed by atoms with E-state index in [1.54, 1.807) is 7.11 Å². The van der Waals surface area contributed by atoms with Crippen molar-refractivity contribution in [1.29, 1.82) is 0 Å². The van der Waals surface area contributed by atoms with Crippen LogP contribution in [-0.4, -0.2) is 7.11 Å². The Morgan fingerprint density at radius 3 is 2.60 bits per heavy atom. The fraction of sp³-hybridized carbons (Fsp3) is 0.286. The van der Waals surface area contributed by atoms with Crippen LogP contribution in [0.25, 0.3) is 10.8 Å². The van der Waals surface area contributed by atoms with E-state index in [2.05, 4.69) is 38.1 Å². The first-order chi connectivity index (χ1) is 7.27. The molecule has 0 fully saturated rings. The Labute approximate surface area is 90.7 Å². The number of fused-ring (bicyclic) bond motifs is 1. The van der Waals surface area contributed by atoms with Gasteiger partial charge in [-0.15, -0.1) is 0 Å². The van der Waals surface area contributed by atoms with Crippen molar-refractivity contribution in [1.82, 2.24) is 0 Å². The number of methoxy groups -OCH3 is 1. The van der Waals surface area contributed by atoms with Crippen LogP contribution in [0.3, 0.4) is 0 Å². The summed E-state index contributed by atoms with van der Waals surface area (Å²) in [7, 11) is 1.72. The van der Waals surface area contributed by atoms with Crippen molar-refractivity contribution in [2.45, 2.75) is 20.3 Å². The van der Waals surface area contributed by atoms with Crippen molar-refractivity contribution in [2.24, 2.45) is 0 Å². The summed E-state index contributed by atoms with van der Waals surface area (Å²) in [4.78, 5) is 0. The standard InChI is InChI=1S/C14H16O/c1-4-11-6-5-7-12-13(15-3)9-8-10(2)14(11)12/h5-9H,4H2,1-3H3. The molecule has 2 aromatic carbocycles. The van der Waals surface area contributed by atoms with Crippen molar-refractivity contribution < 1.29 is 4.74 Å². The van der Waals surface area contributed by atoms with Crippen LogP contribution in [-0.2, 0) is 6.42 Å². The van der Waals surface area contributed by atoms with Gasteiger partial charge in [-0.1, -0.05) is 31.2 Å². The van der Waals surface area contributed by atoms with E-state index in [0.29, 0.717) is 0 Å². The molecular formula is C14H16O. The average molecular weight is 200 g/mol. The summed E-state index contributed by atoms with van der Waals surface area (Å²) < 4.78 is 5.38. The molecular weight excluding hydrogens is 184 g/mol. The summed E-state index contributed by atoms with van der Waals surface area (Å²) in [5.74, 6) is 0.964. The zero-order valence-electron chi connectivity index (χ0n) is 9.50. The molecule has 0 aliphatic rings. The highest BCUT2D eigenvalue weighted by molar-refractivity contribution is 5.93. The molecule has 0 amide bonds. The molecule has 1 nitrogen and oxygen atoms in total. The third kappa shape index (κ3) is 1.58. The van der Waals surface area contributed by atoms with Gasteiger partial charge in [-0.25, -0.2) is 0 Å². The summed E-state index contributed by atoms with van der Waals surface area (Å²) in [5.41, 5.74) is 2.71. The minimum atomic E-state index is 0.964. The van der Waals surface area contributed by atoms with Crippen LogP contribution in [0.15, 0.2) is 30.3 Å². The minimum Gasteiger partial charge on any atom is -0.496 e. The zero-order valence-corrected chi connectivity index (χ0v) is 9.50. The molecule has 1 heteroatoms. The normalized spacial score (nSPS) is 10.6. The molecule has 0 bridgehead atoms. The molecule has 0 saturated carbocycles. The average Bonchev–Trinajstić information content (AvgIpc) is 2.29. The van der Waals surface area contributed by atoms with Crippen molar-refractivity contribution in [3.05, 3.63) is 41.5 Å². The van der Waals surface area contributed by atoms with Gasteiger partial charge in [0.05, 0.1) is 7.11 Å². The van der Waals surface area contributed by atoms with E-state index in [4.69, 9.17) is 4.74 Å². The molecule has 0 spiro atoms. The minimum absolute atomic E-state index is 0.964. The third-order valence-electron chi connectivity index (χ3n) is 2.90. The Morgan fingerprint density at radius 1 is 1.13 bits per heavy atom. The van der Waals surface area contributed by atoms with Crippen molar-refractivity contribution in [3.8, 4) is 5.75 Å². The van der Waals surface area contributed by atoms with E-state index >= 15 is 0 Å². The van der Waals surface area contributed by atoms with Gasteiger partial charge < -0.3 is 4.74 Å². The molecule has 0 saturated heterocycles. The first kappa shape index (κ1) is 10.0. The lowest BCUT2D eigenvalue weighted by atomic mass is 9.98. The topological polar surface area (TPSA) is 9.23 Å². The van der Waals surface area contributed by atoms with E-state index in [0.717, 1.165) is 12.2 Å². The first-order valence-corrected chi connectivity index (χ1v) is 5.33. The second kappa shape index (κ2) is 3.93. The van der Waals surface area contributed by atoms with Gasteiger partial charge in [0.25, 0.3) is 0 Å². The first-order valence-electron chi connectivity index (χ1n) is 5.33. The lowest BCUT2D eigenvalue weighted by Gasteiger charge is -2.11. The SMILES string of the molecule is CCc1cccc2c(OC)ccc(C)c12. The van der Waals surface area contributed by atoms with Gasteiger partial charge >= 0.3 is 0 Å². The van der Waals surface area contributed by atoms with Crippen LogP contribution in [0.2, 0.25) is 0 Å². The van der Waals surface area contributed by atoms with Gasteiger partial charge in [-0.3, -0.25) is 0 Å². The molecule has 0 aliphatic carbocycles. The van der Waals surface area contributed by atoms with Crippen LogP contribution in [0, 0.1) is 6.92 Å². The lowest BCUT2D eigenvalue weighted by Crippen LogP contribution is -1.90. The van der Waals surface area contributed by atoms with Gasteiger partial charge in [0, 0.05) is 5.39 Å². The van der Waals surface area contributed by atoms with Crippen LogP contribution in [0.4, 0.5) is 0 Å². The van der Waals surface area contributed by atoms with Gasteiger partial charge in [0.1, 0.15) is 5.75 Å². The summed E-state index contributed by atoms with van der Waals surface area (Å²) >= 11 is 0. The summed E-state index contributed by atoms with van der Waals surface area (Å²) in [6.07, 6.45) is 1.06. The maximum Gasteiger partial charge on any atom is 0.126 e. The zero-order chi connectivity index (χ0) is 10.8. The monoisotopic (exact) mass is 200 g/mol. The largest absolute Gasteiger partial charge is 0.496 e. The van der Waals surface area contributed by atoms with Crippen LogP contribution >= 0.6 is 0 Å². The molecule has 0 aliphatic heterocycles. The predicted molar refractivity (Wildman–Crippen MR) is 64.6 cm³/mol. The molecule has 0 radical (unpaired) electrons. The summed E-state index contributed by atoms with van der Waals surface area (Å²) in [6.45, 7) is 4.34. The molecule has 0 heterocycles. The Kier molecular flexibility index (Phi) is 2.63. The lowest BCUT2D eigenvalue weighted by molar-refractivity contribution is 0.419. The van der Waals surface area contributed by atoms with E-state index < -0.39 is 0 Å². The molecule has 0 aromatic heterocycles. The number of hydrogen-bond acceptors (Lipinski definition) is 1. The number of rotatable bonds is 2. The van der Waals surface area contributed by atoms with Gasteiger partial charge in [0.2, 0.25) is 0 Å². The Balaban J connectivity index is 2.86. The smallest absolute Gasteiger partial charge is 0.126 e. The Bertz CT molecular complexity index is 486. The van der Waals surface area contributed by atoms with Crippen molar-refractivity contribution in [2.75, 3.05) is 7.11 Å². The Hall–Kier alpha value is -1.50. The van der Waals surface area contributed by atoms with Crippen LogP contribution in [0.5, 0.6) is 5.75 Å². The predicted octanol–water partition coefficient (Wildman–Crippen LogP) is 3.72. The number of benzene rings is 2. The second-order valence-corrected chi connectivity index (χ2v) is 3.78. The maximum absolute atomic E-state index is 5.38. The third-order valence-corrected chi connectivity index (χ3v) is 2.90. The van der Waals surface area contributed by atoms with Gasteiger partial charge in [-0.05, 0) is 35.9 Å². The van der Waals surface area contributed by atoms with Crippen LogP contribution in [0.1, 0.15) is 18.1 Å². The molecule has 78 valence electrons. The highest BCUT2D eigenvalue weighted by Crippen LogP contribution is 2.30. The highest BCUT2D eigenvalue weighted by atomic mass is 16.5. The molecule has 2 aromatic rings. The fourth-order valence-corrected chi connectivity index (χ4v) is 2.12. The van der Waals surface area contributed by atoms with Gasteiger partial charge in [-0.2, -0.15) is 0 Å². The second-order valence-electron chi connectivity index (χ2n) is 3.78. The van der Waals surface area contributed by atoms with Crippen molar-refractivity contribution in [3.63, 3.8) is 0 Å². The Morgan fingerprint density at radius 2 is 1.93 bits per heavy atom. The van der Waals surface area contributed by atoms with E-state index in [-0.39, 0.29) is 0 Å². The van der Waals surface area contributed by atoms with Crippen LogP contribution < -0.4 is 4.74 Å². The number of aryl methyl sites for hydroxylation is 2. The quantitative estimate of drug-likeness (QED) is 0.718. The fourth-order valence-electron chi connectivity index (χ4n) is 2.12. The summed E-state index contributed by atoms with van der Waals surface area (Å²) in [6, 6.07) is 10.6. The number of ether oxygens (including phenoxy) is 1. The molecule has 0 atom stereocenters. The molecule has 15 heavy (non-hydrogen) atoms. The van der Waals surface area contributed by atoms with Crippen molar-refractivity contribution >= 4 is 10.8 Å². The molecule has 2 rings (SSSR count). The number of hydrogen-bond donors (Lipinski definition) is 0. The van der Waals surface area contributed by atoms with E-state index in [1.807, 2.05) is 6.07 Å².